The van der Waals surface area contributed by atoms with Crippen LogP contribution in [-0.4, -0.2) is 41.8 Å². The lowest BCUT2D eigenvalue weighted by molar-refractivity contribution is 0.173. The molecular weight excluding hydrogens is 204 g/mol. The van der Waals surface area contributed by atoms with Crippen molar-refractivity contribution >= 4 is 6.03 Å². The molecule has 92 valence electrons. The Labute approximate surface area is 97.3 Å². The van der Waals surface area contributed by atoms with Crippen molar-refractivity contribution in [1.82, 2.24) is 10.2 Å². The largest absolute Gasteiger partial charge is 0.395 e. The van der Waals surface area contributed by atoms with Crippen molar-refractivity contribution in [2.45, 2.75) is 38.6 Å². The Morgan fingerprint density at radius 3 is 2.88 bits per heavy atom. The van der Waals surface area contributed by atoms with E-state index in [1.54, 1.807) is 4.90 Å². The molecule has 1 aliphatic rings. The van der Waals surface area contributed by atoms with Gasteiger partial charge in [-0.2, -0.15) is 0 Å². The molecule has 0 aliphatic heterocycles. The van der Waals surface area contributed by atoms with Gasteiger partial charge >= 0.3 is 6.03 Å². The van der Waals surface area contributed by atoms with Gasteiger partial charge in [-0.25, -0.2) is 4.79 Å². The minimum Gasteiger partial charge on any atom is -0.395 e. The van der Waals surface area contributed by atoms with E-state index in [0.717, 1.165) is 25.7 Å². The van der Waals surface area contributed by atoms with Crippen molar-refractivity contribution < 1.29 is 9.90 Å². The van der Waals surface area contributed by atoms with Gasteiger partial charge in [0.05, 0.1) is 6.61 Å². The van der Waals surface area contributed by atoms with Crippen LogP contribution >= 0.6 is 0 Å². The molecule has 0 saturated heterocycles. The molecule has 2 N–H and O–H groups in total. The molecule has 1 aliphatic carbocycles. The number of carbonyl (C=O) groups is 1. The summed E-state index contributed by atoms with van der Waals surface area (Å²) in [4.78, 5) is 13.5. The standard InChI is InChI=1S/C12H22N2O2/c1-2-8-14(9-10-15)12(16)13-11-6-4-3-5-7-11/h3-4,11,15H,2,5-10H2,1H3,(H,13,16). The van der Waals surface area contributed by atoms with Crippen molar-refractivity contribution in [1.29, 1.82) is 0 Å². The molecule has 1 atom stereocenters. The first kappa shape index (κ1) is 13.0. The summed E-state index contributed by atoms with van der Waals surface area (Å²) in [6.07, 6.45) is 8.16. The van der Waals surface area contributed by atoms with Crippen LogP contribution in [0.3, 0.4) is 0 Å². The maximum absolute atomic E-state index is 11.9. The number of hydrogen-bond acceptors (Lipinski definition) is 2. The summed E-state index contributed by atoms with van der Waals surface area (Å²) in [6, 6.07) is 0.215. The van der Waals surface area contributed by atoms with E-state index in [0.29, 0.717) is 13.1 Å². The van der Waals surface area contributed by atoms with Gasteiger partial charge in [0, 0.05) is 19.1 Å². The molecule has 4 nitrogen and oxygen atoms in total. The summed E-state index contributed by atoms with van der Waals surface area (Å²) in [5.41, 5.74) is 0. The first-order valence-corrected chi connectivity index (χ1v) is 6.09. The van der Waals surface area contributed by atoms with E-state index in [1.807, 2.05) is 6.92 Å². The normalized spacial score (nSPS) is 19.5. The number of aliphatic hydroxyl groups is 1. The maximum Gasteiger partial charge on any atom is 0.317 e. The van der Waals surface area contributed by atoms with Crippen LogP contribution in [0.15, 0.2) is 12.2 Å². The van der Waals surface area contributed by atoms with Gasteiger partial charge < -0.3 is 15.3 Å². The first-order chi connectivity index (χ1) is 7.77. The second-order valence-electron chi connectivity index (χ2n) is 4.14. The molecule has 2 amide bonds. The molecule has 0 bridgehead atoms. The number of aliphatic hydroxyl groups excluding tert-OH is 1. The van der Waals surface area contributed by atoms with Crippen molar-refractivity contribution in [3.63, 3.8) is 0 Å². The Balaban J connectivity index is 2.37. The number of nitrogens with one attached hydrogen (secondary N) is 1. The highest BCUT2D eigenvalue weighted by atomic mass is 16.3. The summed E-state index contributed by atoms with van der Waals surface area (Å²) in [5.74, 6) is 0. The van der Waals surface area contributed by atoms with Gasteiger partial charge in [0.15, 0.2) is 0 Å². The Bertz CT molecular complexity index is 235. The first-order valence-electron chi connectivity index (χ1n) is 6.09. The number of allylic oxidation sites excluding steroid dienone is 1. The van der Waals surface area contributed by atoms with Crippen LogP contribution in [0.2, 0.25) is 0 Å². The van der Waals surface area contributed by atoms with E-state index >= 15 is 0 Å². The van der Waals surface area contributed by atoms with Gasteiger partial charge in [0.25, 0.3) is 0 Å². The quantitative estimate of drug-likeness (QED) is 0.698. The topological polar surface area (TPSA) is 52.6 Å². The molecule has 0 aromatic rings. The SMILES string of the molecule is CCCN(CCO)C(=O)NC1CC=CCC1. The number of amides is 2. The highest BCUT2D eigenvalue weighted by molar-refractivity contribution is 5.74. The minimum atomic E-state index is -0.0452. The van der Waals surface area contributed by atoms with Gasteiger partial charge in [-0.1, -0.05) is 19.1 Å². The average Bonchev–Trinajstić information content (AvgIpc) is 2.30. The molecule has 0 heterocycles. The molecule has 0 aromatic heterocycles. The van der Waals surface area contributed by atoms with Crippen LogP contribution in [-0.2, 0) is 0 Å². The zero-order valence-electron chi connectivity index (χ0n) is 9.98. The lowest BCUT2D eigenvalue weighted by Gasteiger charge is -2.26. The van der Waals surface area contributed by atoms with Crippen molar-refractivity contribution in [2.75, 3.05) is 19.7 Å². The molecule has 4 heteroatoms. The van der Waals surface area contributed by atoms with Gasteiger partial charge in [-0.05, 0) is 25.7 Å². The number of hydrogen-bond donors (Lipinski definition) is 2. The van der Waals surface area contributed by atoms with Crippen molar-refractivity contribution in [3.8, 4) is 0 Å². The number of rotatable bonds is 5. The minimum absolute atomic E-state index is 0.0258. The van der Waals surface area contributed by atoms with Crippen molar-refractivity contribution in [2.24, 2.45) is 0 Å². The van der Waals surface area contributed by atoms with Gasteiger partial charge in [-0.3, -0.25) is 0 Å². The second-order valence-corrected chi connectivity index (χ2v) is 4.14. The summed E-state index contributed by atoms with van der Waals surface area (Å²) in [5, 5.41) is 11.9. The molecular formula is C12H22N2O2. The monoisotopic (exact) mass is 226 g/mol. The van der Waals surface area contributed by atoms with Gasteiger partial charge in [0.2, 0.25) is 0 Å². The predicted octanol–water partition coefficient (Wildman–Crippen LogP) is 1.51. The highest BCUT2D eigenvalue weighted by Gasteiger charge is 2.17. The van der Waals surface area contributed by atoms with E-state index in [9.17, 15) is 4.79 Å². The second kappa shape index (κ2) is 7.28. The van der Waals surface area contributed by atoms with Gasteiger partial charge in [-0.15, -0.1) is 0 Å². The summed E-state index contributed by atoms with van der Waals surface area (Å²) < 4.78 is 0. The number of urea groups is 1. The third kappa shape index (κ3) is 4.23. The summed E-state index contributed by atoms with van der Waals surface area (Å²) in [6.45, 7) is 3.18. The highest BCUT2D eigenvalue weighted by Crippen LogP contribution is 2.10. The fraction of sp³-hybridized carbons (Fsp3) is 0.750. The molecule has 1 rings (SSSR count). The van der Waals surface area contributed by atoms with Crippen LogP contribution in [0.1, 0.15) is 32.6 Å². The van der Waals surface area contributed by atoms with E-state index in [-0.39, 0.29) is 18.7 Å². The summed E-state index contributed by atoms with van der Waals surface area (Å²) >= 11 is 0. The van der Waals surface area contributed by atoms with Crippen LogP contribution in [0, 0.1) is 0 Å². The van der Waals surface area contributed by atoms with Gasteiger partial charge in [0.1, 0.15) is 0 Å². The lowest BCUT2D eigenvalue weighted by Crippen LogP contribution is -2.46. The number of carbonyl (C=O) groups excluding carboxylic acids is 1. The predicted molar refractivity (Wildman–Crippen MR) is 64.3 cm³/mol. The van der Waals surface area contributed by atoms with Crippen LogP contribution < -0.4 is 5.32 Å². The Kier molecular flexibility index (Phi) is 5.93. The molecule has 0 aromatic carbocycles. The zero-order chi connectivity index (χ0) is 11.8. The van der Waals surface area contributed by atoms with Crippen LogP contribution in [0.4, 0.5) is 4.79 Å². The van der Waals surface area contributed by atoms with E-state index in [1.165, 1.54) is 0 Å². The fourth-order valence-electron chi connectivity index (χ4n) is 1.90. The maximum atomic E-state index is 11.9. The lowest BCUT2D eigenvalue weighted by atomic mass is 10.0. The third-order valence-electron chi connectivity index (χ3n) is 2.75. The molecule has 0 spiro atoms. The molecule has 16 heavy (non-hydrogen) atoms. The van der Waals surface area contributed by atoms with Crippen LogP contribution in [0.5, 0.6) is 0 Å². The van der Waals surface area contributed by atoms with E-state index in [2.05, 4.69) is 17.5 Å². The molecule has 0 fully saturated rings. The molecule has 0 saturated carbocycles. The molecule has 0 radical (unpaired) electrons. The Morgan fingerprint density at radius 2 is 2.31 bits per heavy atom. The Morgan fingerprint density at radius 1 is 1.50 bits per heavy atom. The van der Waals surface area contributed by atoms with Crippen molar-refractivity contribution in [3.05, 3.63) is 12.2 Å². The number of nitrogens with zero attached hydrogens (tertiary/aromatic N) is 1. The zero-order valence-corrected chi connectivity index (χ0v) is 9.98. The molecule has 1 unspecified atom stereocenters. The average molecular weight is 226 g/mol. The fourth-order valence-corrected chi connectivity index (χ4v) is 1.90. The van der Waals surface area contributed by atoms with E-state index in [4.69, 9.17) is 5.11 Å². The van der Waals surface area contributed by atoms with E-state index < -0.39 is 0 Å². The Hall–Kier alpha value is -1.03. The smallest absolute Gasteiger partial charge is 0.317 e. The van der Waals surface area contributed by atoms with Crippen LogP contribution in [0.25, 0.3) is 0 Å². The summed E-state index contributed by atoms with van der Waals surface area (Å²) in [7, 11) is 0. The third-order valence-corrected chi connectivity index (χ3v) is 2.75.